The summed E-state index contributed by atoms with van der Waals surface area (Å²) in [6.45, 7) is 2.05. The quantitative estimate of drug-likeness (QED) is 0.906. The second-order valence-electron chi connectivity index (χ2n) is 5.72. The third-order valence-electron chi connectivity index (χ3n) is 3.98. The van der Waals surface area contributed by atoms with E-state index in [4.69, 9.17) is 5.26 Å². The van der Waals surface area contributed by atoms with Crippen LogP contribution in [0.1, 0.15) is 29.5 Å². The Hall–Kier alpha value is -2.80. The van der Waals surface area contributed by atoms with E-state index in [2.05, 4.69) is 41.0 Å². The van der Waals surface area contributed by atoms with Gasteiger partial charge in [-0.3, -0.25) is 0 Å². The average molecular weight is 291 g/mol. The number of urea groups is 1. The molecule has 0 spiro atoms. The van der Waals surface area contributed by atoms with Crippen molar-refractivity contribution in [2.24, 2.45) is 0 Å². The number of nitrogens with one attached hydrogen (secondary N) is 2. The Morgan fingerprint density at radius 1 is 1.09 bits per heavy atom. The first-order valence-corrected chi connectivity index (χ1v) is 7.28. The Kier molecular flexibility index (Phi) is 3.56. The summed E-state index contributed by atoms with van der Waals surface area (Å²) < 4.78 is 0. The molecule has 0 atom stereocenters. The van der Waals surface area contributed by atoms with Crippen LogP contribution in [0.5, 0.6) is 0 Å². The normalized spacial score (nSPS) is 14.7. The topological polar surface area (TPSA) is 64.9 Å². The third kappa shape index (κ3) is 2.94. The van der Waals surface area contributed by atoms with E-state index in [1.165, 1.54) is 5.56 Å². The second kappa shape index (κ2) is 5.53. The fraction of sp³-hybridized carbons (Fsp3) is 0.222. The molecule has 1 aliphatic rings. The number of benzene rings is 2. The van der Waals surface area contributed by atoms with Crippen LogP contribution in [0.2, 0.25) is 0 Å². The highest BCUT2D eigenvalue weighted by molar-refractivity contribution is 5.90. The van der Waals surface area contributed by atoms with Crippen molar-refractivity contribution in [2.45, 2.75) is 25.3 Å². The first-order valence-electron chi connectivity index (χ1n) is 7.28. The molecule has 0 unspecified atom stereocenters. The van der Waals surface area contributed by atoms with Crippen LogP contribution in [-0.4, -0.2) is 6.03 Å². The average Bonchev–Trinajstić information content (AvgIpc) is 3.29. The van der Waals surface area contributed by atoms with Gasteiger partial charge in [-0.05, 0) is 49.6 Å². The largest absolute Gasteiger partial charge is 0.328 e. The molecule has 1 saturated carbocycles. The molecular formula is C18H17N3O. The second-order valence-corrected chi connectivity index (χ2v) is 5.72. The molecule has 4 nitrogen and oxygen atoms in total. The Morgan fingerprint density at radius 2 is 1.73 bits per heavy atom. The lowest BCUT2D eigenvalue weighted by Gasteiger charge is -2.18. The third-order valence-corrected chi connectivity index (χ3v) is 3.98. The molecule has 2 aromatic carbocycles. The molecule has 4 heteroatoms. The number of nitriles is 1. The van der Waals surface area contributed by atoms with Crippen molar-refractivity contribution in [3.8, 4) is 6.07 Å². The van der Waals surface area contributed by atoms with E-state index in [0.717, 1.165) is 18.4 Å². The molecule has 0 heterocycles. The Morgan fingerprint density at radius 3 is 2.27 bits per heavy atom. The van der Waals surface area contributed by atoms with Crippen LogP contribution in [0, 0.1) is 18.3 Å². The van der Waals surface area contributed by atoms with Crippen molar-refractivity contribution >= 4 is 11.7 Å². The number of carbonyl (C=O) groups excluding carboxylic acids is 1. The lowest BCUT2D eigenvalue weighted by atomic mass is 10.0. The lowest BCUT2D eigenvalue weighted by molar-refractivity contribution is 0.247. The minimum absolute atomic E-state index is 0.220. The zero-order valence-corrected chi connectivity index (χ0v) is 12.4. The van der Waals surface area contributed by atoms with Gasteiger partial charge in [-0.25, -0.2) is 4.79 Å². The van der Waals surface area contributed by atoms with Gasteiger partial charge >= 0.3 is 6.03 Å². The summed E-state index contributed by atoms with van der Waals surface area (Å²) in [5.74, 6) is 0. The molecule has 0 aromatic heterocycles. The van der Waals surface area contributed by atoms with Gasteiger partial charge in [0.25, 0.3) is 0 Å². The predicted octanol–water partition coefficient (Wildman–Crippen LogP) is 3.68. The summed E-state index contributed by atoms with van der Waals surface area (Å²) in [4.78, 5) is 12.2. The smallest absolute Gasteiger partial charge is 0.319 e. The van der Waals surface area contributed by atoms with Gasteiger partial charge in [0, 0.05) is 5.69 Å². The molecule has 2 aromatic rings. The van der Waals surface area contributed by atoms with Gasteiger partial charge in [-0.15, -0.1) is 0 Å². The molecule has 0 radical (unpaired) electrons. The van der Waals surface area contributed by atoms with Crippen LogP contribution in [0.3, 0.4) is 0 Å². The number of carbonyl (C=O) groups is 1. The molecular weight excluding hydrogens is 274 g/mol. The van der Waals surface area contributed by atoms with E-state index < -0.39 is 0 Å². The fourth-order valence-corrected chi connectivity index (χ4v) is 2.49. The summed E-state index contributed by atoms with van der Waals surface area (Å²) in [6.07, 6.45) is 1.91. The molecule has 22 heavy (non-hydrogen) atoms. The van der Waals surface area contributed by atoms with Crippen molar-refractivity contribution in [3.63, 3.8) is 0 Å². The fourth-order valence-electron chi connectivity index (χ4n) is 2.49. The van der Waals surface area contributed by atoms with Crippen molar-refractivity contribution in [1.82, 2.24) is 5.32 Å². The summed E-state index contributed by atoms with van der Waals surface area (Å²) in [6, 6.07) is 16.9. The van der Waals surface area contributed by atoms with Crippen LogP contribution in [0.15, 0.2) is 48.5 Å². The van der Waals surface area contributed by atoms with Gasteiger partial charge < -0.3 is 10.6 Å². The van der Waals surface area contributed by atoms with Crippen molar-refractivity contribution in [3.05, 3.63) is 65.2 Å². The van der Waals surface area contributed by atoms with E-state index in [0.29, 0.717) is 11.3 Å². The van der Waals surface area contributed by atoms with Crippen LogP contribution >= 0.6 is 0 Å². The van der Waals surface area contributed by atoms with E-state index in [9.17, 15) is 4.79 Å². The number of anilines is 1. The van der Waals surface area contributed by atoms with Crippen molar-refractivity contribution < 1.29 is 4.79 Å². The van der Waals surface area contributed by atoms with Crippen molar-refractivity contribution in [2.75, 3.05) is 5.32 Å². The highest BCUT2D eigenvalue weighted by atomic mass is 16.2. The maximum atomic E-state index is 12.2. The maximum Gasteiger partial charge on any atom is 0.319 e. The molecule has 110 valence electrons. The molecule has 2 amide bonds. The lowest BCUT2D eigenvalue weighted by Crippen LogP contribution is -2.38. The first kappa shape index (κ1) is 14.2. The molecule has 1 aliphatic carbocycles. The van der Waals surface area contributed by atoms with Gasteiger partial charge in [-0.2, -0.15) is 5.26 Å². The summed E-state index contributed by atoms with van der Waals surface area (Å²) in [5, 5.41) is 14.6. The SMILES string of the molecule is Cc1ccc(C2(NC(=O)Nc3ccc(C#N)cc3)CC2)cc1. The van der Waals surface area contributed by atoms with Crippen molar-refractivity contribution in [1.29, 1.82) is 5.26 Å². The Bertz CT molecular complexity index is 722. The highest BCUT2D eigenvalue weighted by Gasteiger charge is 2.45. The Labute approximate surface area is 129 Å². The van der Waals surface area contributed by atoms with E-state index in [1.54, 1.807) is 24.3 Å². The summed E-state index contributed by atoms with van der Waals surface area (Å²) >= 11 is 0. The van der Waals surface area contributed by atoms with Gasteiger partial charge in [0.05, 0.1) is 17.2 Å². The molecule has 2 N–H and O–H groups in total. The maximum absolute atomic E-state index is 12.2. The molecule has 0 bridgehead atoms. The van der Waals surface area contributed by atoms with Gasteiger partial charge in [0.15, 0.2) is 0 Å². The molecule has 1 fully saturated rings. The minimum atomic E-state index is -0.232. The molecule has 0 aliphatic heterocycles. The monoisotopic (exact) mass is 291 g/mol. The standard InChI is InChI=1S/C18H17N3O/c1-13-2-6-15(7-3-13)18(10-11-18)21-17(22)20-16-8-4-14(12-19)5-9-16/h2-9H,10-11H2,1H3,(H2,20,21,22). The number of hydrogen-bond donors (Lipinski definition) is 2. The summed E-state index contributed by atoms with van der Waals surface area (Å²) in [5.41, 5.74) is 3.37. The number of hydrogen-bond acceptors (Lipinski definition) is 2. The van der Waals surface area contributed by atoms with E-state index >= 15 is 0 Å². The number of nitrogens with zero attached hydrogens (tertiary/aromatic N) is 1. The van der Waals surface area contributed by atoms with Crippen LogP contribution in [0.4, 0.5) is 10.5 Å². The zero-order chi connectivity index (χ0) is 15.6. The van der Waals surface area contributed by atoms with Crippen LogP contribution in [-0.2, 0) is 5.54 Å². The predicted molar refractivity (Wildman–Crippen MR) is 85.4 cm³/mol. The number of amides is 2. The Balaban J connectivity index is 1.66. The van der Waals surface area contributed by atoms with E-state index in [-0.39, 0.29) is 11.6 Å². The van der Waals surface area contributed by atoms with Crippen LogP contribution in [0.25, 0.3) is 0 Å². The molecule has 0 saturated heterocycles. The van der Waals surface area contributed by atoms with Gasteiger partial charge in [0.2, 0.25) is 0 Å². The zero-order valence-electron chi connectivity index (χ0n) is 12.4. The van der Waals surface area contributed by atoms with Gasteiger partial charge in [0.1, 0.15) is 0 Å². The van der Waals surface area contributed by atoms with Crippen LogP contribution < -0.4 is 10.6 Å². The highest BCUT2D eigenvalue weighted by Crippen LogP contribution is 2.45. The minimum Gasteiger partial charge on any atom is -0.328 e. The van der Waals surface area contributed by atoms with E-state index in [1.807, 2.05) is 6.92 Å². The number of aryl methyl sites for hydroxylation is 1. The van der Waals surface area contributed by atoms with Gasteiger partial charge in [-0.1, -0.05) is 29.8 Å². The molecule has 3 rings (SSSR count). The number of rotatable bonds is 3. The first-order chi connectivity index (χ1) is 10.6. The summed E-state index contributed by atoms with van der Waals surface area (Å²) in [7, 11) is 0.